The van der Waals surface area contributed by atoms with Gasteiger partial charge >= 0.3 is 0 Å². The van der Waals surface area contributed by atoms with E-state index >= 15 is 0 Å². The molecule has 1 heterocycles. The summed E-state index contributed by atoms with van der Waals surface area (Å²) in [5.41, 5.74) is 3.13. The Bertz CT molecular complexity index is 934. The molecule has 3 rings (SSSR count). The molecule has 0 aliphatic rings. The molecule has 0 saturated carbocycles. The highest BCUT2D eigenvalue weighted by atomic mass is 16.5. The van der Waals surface area contributed by atoms with Crippen LogP contribution in [0.5, 0.6) is 5.75 Å². The molecule has 28 heavy (non-hydrogen) atoms. The summed E-state index contributed by atoms with van der Waals surface area (Å²) in [5, 5.41) is 12.4. The molecule has 146 valence electrons. The quantitative estimate of drug-likeness (QED) is 0.631. The van der Waals surface area contributed by atoms with Gasteiger partial charge in [0.1, 0.15) is 12.3 Å². The Hall–Kier alpha value is -3.22. The normalized spacial score (nSPS) is 10.9. The zero-order valence-electron chi connectivity index (χ0n) is 16.7. The van der Waals surface area contributed by atoms with Gasteiger partial charge in [-0.15, -0.1) is 10.2 Å². The molecule has 7 nitrogen and oxygen atoms in total. The van der Waals surface area contributed by atoms with Gasteiger partial charge in [0.2, 0.25) is 11.7 Å². The van der Waals surface area contributed by atoms with Crippen LogP contribution >= 0.6 is 0 Å². The molecule has 0 atom stereocenters. The number of hydrogen-bond acceptors (Lipinski definition) is 5. The van der Waals surface area contributed by atoms with Gasteiger partial charge in [0.15, 0.2) is 0 Å². The third-order valence-electron chi connectivity index (χ3n) is 4.54. The number of tetrazole rings is 1. The zero-order valence-corrected chi connectivity index (χ0v) is 16.7. The molecular weight excluding hydrogens is 354 g/mol. The lowest BCUT2D eigenvalue weighted by Gasteiger charge is -2.17. The summed E-state index contributed by atoms with van der Waals surface area (Å²) in [7, 11) is 3.38. The maximum absolute atomic E-state index is 12.5. The summed E-state index contributed by atoms with van der Waals surface area (Å²) in [5.74, 6) is 1.65. The average Bonchev–Trinajstić information content (AvgIpc) is 3.16. The number of nitrogens with zero attached hydrogens (tertiary/aromatic N) is 5. The topological polar surface area (TPSA) is 73.1 Å². The number of rotatable bonds is 7. The van der Waals surface area contributed by atoms with Crippen LogP contribution in [-0.2, 0) is 17.9 Å². The predicted octanol–water partition coefficient (Wildman–Crippen LogP) is 3.13. The van der Waals surface area contributed by atoms with Crippen LogP contribution in [0.25, 0.3) is 11.4 Å². The number of amides is 1. The van der Waals surface area contributed by atoms with E-state index in [1.807, 2.05) is 36.4 Å². The van der Waals surface area contributed by atoms with Gasteiger partial charge in [-0.25, -0.2) is 0 Å². The van der Waals surface area contributed by atoms with Gasteiger partial charge in [-0.05, 0) is 34.4 Å². The molecule has 0 aliphatic carbocycles. The van der Waals surface area contributed by atoms with Crippen molar-refractivity contribution >= 4 is 5.91 Å². The van der Waals surface area contributed by atoms with E-state index in [0.29, 0.717) is 18.3 Å². The summed E-state index contributed by atoms with van der Waals surface area (Å²) < 4.78 is 5.22. The minimum Gasteiger partial charge on any atom is -0.497 e. The third kappa shape index (κ3) is 4.73. The molecule has 3 aromatic rings. The minimum atomic E-state index is -0.0954. The monoisotopic (exact) mass is 379 g/mol. The minimum absolute atomic E-state index is 0.0392. The van der Waals surface area contributed by atoms with Gasteiger partial charge < -0.3 is 9.64 Å². The summed E-state index contributed by atoms with van der Waals surface area (Å²) in [6, 6.07) is 15.7. The first-order valence-electron chi connectivity index (χ1n) is 9.21. The van der Waals surface area contributed by atoms with Crippen molar-refractivity contribution in [2.75, 3.05) is 14.2 Å². The van der Waals surface area contributed by atoms with Crippen molar-refractivity contribution in [2.24, 2.45) is 0 Å². The summed E-state index contributed by atoms with van der Waals surface area (Å²) in [6.07, 6.45) is 0. The molecule has 0 radical (unpaired) electrons. The molecule has 2 aromatic carbocycles. The fraction of sp³-hybridized carbons (Fsp3) is 0.333. The Morgan fingerprint density at radius 2 is 1.93 bits per heavy atom. The van der Waals surface area contributed by atoms with E-state index in [1.54, 1.807) is 19.1 Å². The Labute approximate surface area is 164 Å². The van der Waals surface area contributed by atoms with Crippen molar-refractivity contribution in [3.05, 3.63) is 59.7 Å². The van der Waals surface area contributed by atoms with Crippen LogP contribution in [0.2, 0.25) is 0 Å². The van der Waals surface area contributed by atoms with E-state index in [0.717, 1.165) is 16.9 Å². The van der Waals surface area contributed by atoms with E-state index in [1.165, 1.54) is 10.4 Å². The van der Waals surface area contributed by atoms with Crippen molar-refractivity contribution in [1.29, 1.82) is 0 Å². The van der Waals surface area contributed by atoms with Crippen molar-refractivity contribution in [3.63, 3.8) is 0 Å². The summed E-state index contributed by atoms with van der Waals surface area (Å²) >= 11 is 0. The number of likely N-dealkylation sites (N-methyl/N-ethyl adjacent to an activating group) is 1. The van der Waals surface area contributed by atoms with Crippen molar-refractivity contribution < 1.29 is 9.53 Å². The van der Waals surface area contributed by atoms with Crippen molar-refractivity contribution in [2.45, 2.75) is 32.9 Å². The number of carbonyl (C=O) groups excluding carboxylic acids is 1. The van der Waals surface area contributed by atoms with Crippen LogP contribution in [0.4, 0.5) is 0 Å². The van der Waals surface area contributed by atoms with E-state index in [-0.39, 0.29) is 12.5 Å². The van der Waals surface area contributed by atoms with E-state index in [2.05, 4.69) is 41.4 Å². The highest BCUT2D eigenvalue weighted by molar-refractivity contribution is 5.75. The van der Waals surface area contributed by atoms with Crippen molar-refractivity contribution in [1.82, 2.24) is 25.1 Å². The highest BCUT2D eigenvalue weighted by Gasteiger charge is 2.14. The summed E-state index contributed by atoms with van der Waals surface area (Å²) in [4.78, 5) is 15.5. The molecule has 0 fully saturated rings. The number of aromatic nitrogens is 4. The lowest BCUT2D eigenvalue weighted by molar-refractivity contribution is -0.131. The smallest absolute Gasteiger partial charge is 0.246 e. The van der Waals surface area contributed by atoms with Gasteiger partial charge in [-0.1, -0.05) is 50.2 Å². The Morgan fingerprint density at radius 3 is 2.61 bits per heavy atom. The second-order valence-electron chi connectivity index (χ2n) is 7.02. The Kier molecular flexibility index (Phi) is 6.03. The molecular formula is C21H25N5O2. The third-order valence-corrected chi connectivity index (χ3v) is 4.54. The molecule has 0 spiro atoms. The van der Waals surface area contributed by atoms with E-state index in [9.17, 15) is 4.79 Å². The van der Waals surface area contributed by atoms with Crippen LogP contribution < -0.4 is 4.74 Å². The highest BCUT2D eigenvalue weighted by Crippen LogP contribution is 2.19. The molecule has 0 bridgehead atoms. The number of ether oxygens (including phenoxy) is 1. The molecule has 0 unspecified atom stereocenters. The first-order chi connectivity index (χ1) is 13.5. The van der Waals surface area contributed by atoms with Gasteiger partial charge in [0.05, 0.1) is 7.11 Å². The van der Waals surface area contributed by atoms with E-state index in [4.69, 9.17) is 4.74 Å². The number of methoxy groups -OCH3 is 1. The lowest BCUT2D eigenvalue weighted by atomic mass is 10.0. The van der Waals surface area contributed by atoms with Crippen LogP contribution in [0.3, 0.4) is 0 Å². The van der Waals surface area contributed by atoms with Crippen LogP contribution in [0, 0.1) is 0 Å². The largest absolute Gasteiger partial charge is 0.497 e. The van der Waals surface area contributed by atoms with Crippen molar-refractivity contribution in [3.8, 4) is 17.1 Å². The molecule has 0 N–H and O–H groups in total. The molecule has 0 aliphatic heterocycles. The van der Waals surface area contributed by atoms with Gasteiger partial charge in [-0.3, -0.25) is 4.79 Å². The number of carbonyl (C=O) groups is 1. The molecule has 7 heteroatoms. The maximum atomic E-state index is 12.5. The Morgan fingerprint density at radius 1 is 1.18 bits per heavy atom. The molecule has 1 amide bonds. The second-order valence-corrected chi connectivity index (χ2v) is 7.02. The van der Waals surface area contributed by atoms with Gasteiger partial charge in [-0.2, -0.15) is 4.80 Å². The van der Waals surface area contributed by atoms with Crippen LogP contribution in [0.1, 0.15) is 30.9 Å². The van der Waals surface area contributed by atoms with Gasteiger partial charge in [0.25, 0.3) is 0 Å². The zero-order chi connectivity index (χ0) is 20.1. The number of hydrogen-bond donors (Lipinski definition) is 0. The fourth-order valence-electron chi connectivity index (χ4n) is 2.82. The van der Waals surface area contributed by atoms with Crippen LogP contribution in [-0.4, -0.2) is 45.2 Å². The SMILES string of the molecule is COc1cccc(CN(C)C(=O)Cn2nnc(-c3ccc(C(C)C)cc3)n2)c1. The molecule has 1 aromatic heterocycles. The standard InChI is InChI=1S/C21H25N5O2/c1-15(2)17-8-10-18(11-9-17)21-22-24-26(23-21)14-20(27)25(3)13-16-6-5-7-19(12-16)28-4/h5-12,15H,13-14H2,1-4H3. The van der Waals surface area contributed by atoms with Gasteiger partial charge in [0, 0.05) is 19.2 Å². The average molecular weight is 379 g/mol. The lowest BCUT2D eigenvalue weighted by Crippen LogP contribution is -2.30. The molecule has 0 saturated heterocycles. The first kappa shape index (κ1) is 19.5. The van der Waals surface area contributed by atoms with Crippen LogP contribution in [0.15, 0.2) is 48.5 Å². The van der Waals surface area contributed by atoms with E-state index < -0.39 is 0 Å². The number of benzene rings is 2. The Balaban J connectivity index is 1.62. The second kappa shape index (κ2) is 8.65. The maximum Gasteiger partial charge on any atom is 0.246 e. The fourth-order valence-corrected chi connectivity index (χ4v) is 2.82. The summed E-state index contributed by atoms with van der Waals surface area (Å²) in [6.45, 7) is 4.82. The predicted molar refractivity (Wildman–Crippen MR) is 107 cm³/mol. The first-order valence-corrected chi connectivity index (χ1v) is 9.21.